The Kier molecular flexibility index (Phi) is 5.62. The number of carbonyl (C=O) groups excluding carboxylic acids is 1. The molecule has 1 aromatic carbocycles. The maximum Gasteiger partial charge on any atom is 0.253 e. The molecule has 1 aliphatic heterocycles. The van der Waals surface area contributed by atoms with Gasteiger partial charge in [-0.15, -0.1) is 0 Å². The van der Waals surface area contributed by atoms with Crippen molar-refractivity contribution < 1.29 is 18.7 Å². The maximum atomic E-state index is 13.6. The number of fused-ring (bicyclic) bond motifs is 1. The second-order valence-electron chi connectivity index (χ2n) is 8.08. The third kappa shape index (κ3) is 4.46. The smallest absolute Gasteiger partial charge is 0.253 e. The van der Waals surface area contributed by atoms with Crippen molar-refractivity contribution in [1.29, 1.82) is 0 Å². The molecular formula is C21H24ClF2N3O2. The number of alkyl halides is 2. The lowest BCUT2D eigenvalue weighted by Gasteiger charge is -2.29. The zero-order chi connectivity index (χ0) is 20.6. The normalized spacial score (nSPS) is 24.1. The number of anilines is 1. The van der Waals surface area contributed by atoms with Gasteiger partial charge in [0.15, 0.2) is 0 Å². The van der Waals surface area contributed by atoms with Gasteiger partial charge in [0.2, 0.25) is 5.92 Å². The van der Waals surface area contributed by atoms with Crippen LogP contribution in [-0.2, 0) is 0 Å². The first-order valence-electron chi connectivity index (χ1n) is 10.0. The lowest BCUT2D eigenvalue weighted by atomic mass is 9.86. The molecule has 4 rings (SSSR count). The summed E-state index contributed by atoms with van der Waals surface area (Å²) in [5.41, 5.74) is 0.940. The van der Waals surface area contributed by atoms with Crippen LogP contribution in [0, 0.1) is 5.92 Å². The van der Waals surface area contributed by atoms with Crippen molar-refractivity contribution in [1.82, 2.24) is 10.3 Å². The summed E-state index contributed by atoms with van der Waals surface area (Å²) in [4.78, 5) is 19.4. The van der Waals surface area contributed by atoms with Crippen LogP contribution in [0.1, 0.15) is 42.5 Å². The number of nitrogens with zero attached hydrogens (tertiary/aromatic N) is 2. The number of rotatable bonds is 4. The molecule has 8 heteroatoms. The van der Waals surface area contributed by atoms with Gasteiger partial charge in [-0.2, -0.15) is 0 Å². The number of halogens is 3. The molecule has 29 heavy (non-hydrogen) atoms. The predicted octanol–water partition coefficient (Wildman–Crippen LogP) is 4.01. The molecule has 1 amide bonds. The number of carbonyl (C=O) groups is 1. The van der Waals surface area contributed by atoms with Gasteiger partial charge in [0.25, 0.3) is 5.91 Å². The molecule has 1 aliphatic carbocycles. The third-order valence-electron chi connectivity index (χ3n) is 5.81. The van der Waals surface area contributed by atoms with E-state index in [0.717, 1.165) is 12.4 Å². The van der Waals surface area contributed by atoms with Gasteiger partial charge in [0, 0.05) is 37.9 Å². The maximum absolute atomic E-state index is 13.6. The fraction of sp³-hybridized carbons (Fsp3) is 0.524. The highest BCUT2D eigenvalue weighted by Crippen LogP contribution is 2.36. The minimum absolute atomic E-state index is 0.0748. The SMILES string of the molecule is O=C(NCC1CCCC(F)(F)C1)c1c(Cl)ccc2nc(N3CCC(O)C3)ccc12. The number of benzene rings is 1. The quantitative estimate of drug-likeness (QED) is 0.779. The molecule has 5 nitrogen and oxygen atoms in total. The number of nitrogens with one attached hydrogen (secondary N) is 1. The van der Waals surface area contributed by atoms with Crippen LogP contribution in [0.2, 0.25) is 5.02 Å². The molecule has 2 aromatic rings. The van der Waals surface area contributed by atoms with Gasteiger partial charge in [-0.25, -0.2) is 13.8 Å². The van der Waals surface area contributed by atoms with E-state index in [0.29, 0.717) is 47.3 Å². The van der Waals surface area contributed by atoms with Gasteiger partial charge >= 0.3 is 0 Å². The number of aliphatic hydroxyl groups is 1. The first kappa shape index (κ1) is 20.3. The highest BCUT2D eigenvalue weighted by molar-refractivity contribution is 6.35. The Hall–Kier alpha value is -1.99. The Balaban J connectivity index is 1.53. The summed E-state index contributed by atoms with van der Waals surface area (Å²) in [5, 5.41) is 13.4. The first-order chi connectivity index (χ1) is 13.8. The van der Waals surface area contributed by atoms with E-state index in [9.17, 15) is 18.7 Å². The molecule has 2 fully saturated rings. The monoisotopic (exact) mass is 423 g/mol. The number of aliphatic hydroxyl groups excluding tert-OH is 1. The third-order valence-corrected chi connectivity index (χ3v) is 6.13. The van der Waals surface area contributed by atoms with Crippen LogP contribution in [0.4, 0.5) is 14.6 Å². The van der Waals surface area contributed by atoms with E-state index in [2.05, 4.69) is 10.3 Å². The predicted molar refractivity (Wildman–Crippen MR) is 109 cm³/mol. The molecule has 0 bridgehead atoms. The minimum atomic E-state index is -2.64. The van der Waals surface area contributed by atoms with Gasteiger partial charge in [-0.1, -0.05) is 11.6 Å². The van der Waals surface area contributed by atoms with Crippen LogP contribution >= 0.6 is 11.6 Å². The van der Waals surface area contributed by atoms with E-state index in [1.54, 1.807) is 18.2 Å². The van der Waals surface area contributed by atoms with Crippen LogP contribution in [-0.4, -0.2) is 47.7 Å². The molecule has 1 aromatic heterocycles. The van der Waals surface area contributed by atoms with E-state index in [-0.39, 0.29) is 37.3 Å². The zero-order valence-electron chi connectivity index (χ0n) is 16.0. The van der Waals surface area contributed by atoms with Gasteiger partial charge in [-0.05, 0) is 49.4 Å². The number of aromatic nitrogens is 1. The topological polar surface area (TPSA) is 65.5 Å². The summed E-state index contributed by atoms with van der Waals surface area (Å²) in [5.74, 6) is -2.51. The number of hydrogen-bond acceptors (Lipinski definition) is 4. The van der Waals surface area contributed by atoms with E-state index < -0.39 is 5.92 Å². The zero-order valence-corrected chi connectivity index (χ0v) is 16.8. The molecule has 2 heterocycles. The van der Waals surface area contributed by atoms with Crippen molar-refractivity contribution in [3.63, 3.8) is 0 Å². The molecule has 0 radical (unpaired) electrons. The molecule has 0 spiro atoms. The lowest BCUT2D eigenvalue weighted by molar-refractivity contribution is -0.0518. The van der Waals surface area contributed by atoms with E-state index in [1.165, 1.54) is 0 Å². The Morgan fingerprint density at radius 3 is 2.86 bits per heavy atom. The largest absolute Gasteiger partial charge is 0.391 e. The molecule has 2 atom stereocenters. The summed E-state index contributed by atoms with van der Waals surface area (Å²) in [7, 11) is 0. The van der Waals surface area contributed by atoms with Crippen molar-refractivity contribution in [2.45, 2.75) is 44.1 Å². The van der Waals surface area contributed by atoms with Gasteiger partial charge in [0.1, 0.15) is 5.82 Å². The second-order valence-corrected chi connectivity index (χ2v) is 8.48. The highest BCUT2D eigenvalue weighted by atomic mass is 35.5. The van der Waals surface area contributed by atoms with Crippen molar-refractivity contribution in [2.24, 2.45) is 5.92 Å². The second kappa shape index (κ2) is 8.03. The summed E-state index contributed by atoms with van der Waals surface area (Å²) in [6.45, 7) is 1.47. The molecule has 2 N–H and O–H groups in total. The molecule has 2 aliphatic rings. The van der Waals surface area contributed by atoms with Crippen molar-refractivity contribution in [2.75, 3.05) is 24.5 Å². The van der Waals surface area contributed by atoms with Gasteiger partial charge in [-0.3, -0.25) is 4.79 Å². The van der Waals surface area contributed by atoms with Crippen LogP contribution in [0.25, 0.3) is 10.9 Å². The van der Waals surface area contributed by atoms with Crippen LogP contribution in [0.15, 0.2) is 24.3 Å². The van der Waals surface area contributed by atoms with Crippen molar-refractivity contribution in [3.8, 4) is 0 Å². The first-order valence-corrected chi connectivity index (χ1v) is 10.4. The van der Waals surface area contributed by atoms with Gasteiger partial charge in [0.05, 0.1) is 22.2 Å². The van der Waals surface area contributed by atoms with Crippen LogP contribution in [0.5, 0.6) is 0 Å². The lowest BCUT2D eigenvalue weighted by Crippen LogP contribution is -2.35. The highest BCUT2D eigenvalue weighted by Gasteiger charge is 2.36. The number of pyridine rings is 1. The average Bonchev–Trinajstić information content (AvgIpc) is 3.11. The Morgan fingerprint density at radius 1 is 1.31 bits per heavy atom. The van der Waals surface area contributed by atoms with E-state index >= 15 is 0 Å². The molecular weight excluding hydrogens is 400 g/mol. The van der Waals surface area contributed by atoms with E-state index in [4.69, 9.17) is 11.6 Å². The Labute approximate surface area is 173 Å². The Morgan fingerprint density at radius 2 is 2.14 bits per heavy atom. The summed E-state index contributed by atoms with van der Waals surface area (Å²) >= 11 is 6.30. The summed E-state index contributed by atoms with van der Waals surface area (Å²) in [6, 6.07) is 7.00. The van der Waals surface area contributed by atoms with Crippen LogP contribution < -0.4 is 10.2 Å². The van der Waals surface area contributed by atoms with E-state index in [1.807, 2.05) is 11.0 Å². The summed E-state index contributed by atoms with van der Waals surface area (Å²) < 4.78 is 27.2. The number of hydrogen-bond donors (Lipinski definition) is 2. The summed E-state index contributed by atoms with van der Waals surface area (Å²) in [6.07, 6.45) is 1.24. The Bertz CT molecular complexity index is 924. The van der Waals surface area contributed by atoms with Crippen molar-refractivity contribution in [3.05, 3.63) is 34.9 Å². The van der Waals surface area contributed by atoms with Crippen molar-refractivity contribution >= 4 is 34.2 Å². The minimum Gasteiger partial charge on any atom is -0.391 e. The average molecular weight is 424 g/mol. The molecule has 156 valence electrons. The number of β-amino-alcohol motifs (C(OH)–C–C–N with tert-alkyl or cyclic N) is 1. The molecule has 1 saturated heterocycles. The van der Waals surface area contributed by atoms with Crippen LogP contribution in [0.3, 0.4) is 0 Å². The molecule has 2 unspecified atom stereocenters. The number of amides is 1. The molecule has 1 saturated carbocycles. The van der Waals surface area contributed by atoms with Gasteiger partial charge < -0.3 is 15.3 Å². The standard InChI is InChI=1S/C21H24ClF2N3O2/c22-16-4-5-17-15(3-6-18(26-17)27-9-7-14(28)12-27)19(16)20(29)25-11-13-2-1-8-21(23,24)10-13/h3-6,13-14,28H,1-2,7-12H2,(H,25,29). The fourth-order valence-electron chi connectivity index (χ4n) is 4.30. The fourth-order valence-corrected chi connectivity index (χ4v) is 4.55.